The maximum atomic E-state index is 11.0. The van der Waals surface area contributed by atoms with Crippen molar-refractivity contribution in [3.63, 3.8) is 0 Å². The Balaban J connectivity index is 1.65. The number of fused-ring (bicyclic) bond motifs is 1. The van der Waals surface area contributed by atoms with Crippen LogP contribution >= 0.6 is 0 Å². The van der Waals surface area contributed by atoms with E-state index in [1.807, 2.05) is 18.3 Å². The van der Waals surface area contributed by atoms with Crippen molar-refractivity contribution in [3.05, 3.63) is 36.0 Å². The van der Waals surface area contributed by atoms with Gasteiger partial charge in [0.05, 0.1) is 19.0 Å². The summed E-state index contributed by atoms with van der Waals surface area (Å²) in [6, 6.07) is 8.24. The van der Waals surface area contributed by atoms with E-state index in [0.717, 1.165) is 18.5 Å². The fraction of sp³-hybridized carbons (Fsp3) is 0.471. The number of nitrogens with one attached hydrogen (secondary N) is 3. The summed E-state index contributed by atoms with van der Waals surface area (Å²) in [5.41, 5.74) is 2.41. The SMILES string of the molecule is CN=C(NCCOCCS(C)(=O)=O)NCCc1c[nH]c2ccccc12. The lowest BCUT2D eigenvalue weighted by Gasteiger charge is -2.12. The maximum absolute atomic E-state index is 11.0. The van der Waals surface area contributed by atoms with Crippen LogP contribution < -0.4 is 10.6 Å². The van der Waals surface area contributed by atoms with E-state index in [2.05, 4.69) is 32.7 Å². The largest absolute Gasteiger partial charge is 0.379 e. The molecule has 1 heterocycles. The number of aromatic nitrogens is 1. The van der Waals surface area contributed by atoms with Gasteiger partial charge in [-0.1, -0.05) is 18.2 Å². The number of H-pyrrole nitrogens is 1. The molecule has 0 unspecified atom stereocenters. The van der Waals surface area contributed by atoms with Gasteiger partial charge in [0, 0.05) is 43.5 Å². The lowest BCUT2D eigenvalue weighted by atomic mass is 10.1. The lowest BCUT2D eigenvalue weighted by molar-refractivity contribution is 0.154. The summed E-state index contributed by atoms with van der Waals surface area (Å²) in [5, 5.41) is 7.64. The number of ether oxygens (including phenoxy) is 1. The van der Waals surface area contributed by atoms with Gasteiger partial charge >= 0.3 is 0 Å². The van der Waals surface area contributed by atoms with Gasteiger partial charge in [-0.3, -0.25) is 4.99 Å². The van der Waals surface area contributed by atoms with Gasteiger partial charge in [-0.25, -0.2) is 8.42 Å². The Hall–Kier alpha value is -2.06. The van der Waals surface area contributed by atoms with Crippen molar-refractivity contribution in [2.45, 2.75) is 6.42 Å². The molecule has 7 nitrogen and oxygen atoms in total. The Morgan fingerprint density at radius 3 is 2.72 bits per heavy atom. The smallest absolute Gasteiger partial charge is 0.191 e. The highest BCUT2D eigenvalue weighted by Gasteiger charge is 2.04. The summed E-state index contributed by atoms with van der Waals surface area (Å²) in [7, 11) is -1.25. The van der Waals surface area contributed by atoms with E-state index in [0.29, 0.717) is 19.1 Å². The third-order valence-corrected chi connectivity index (χ3v) is 4.63. The quantitative estimate of drug-likeness (QED) is 0.349. The fourth-order valence-electron chi connectivity index (χ4n) is 2.43. The molecule has 3 N–H and O–H groups in total. The van der Waals surface area contributed by atoms with E-state index in [1.165, 1.54) is 17.2 Å². The number of aliphatic imine (C=N–C) groups is 1. The minimum atomic E-state index is -2.97. The number of rotatable bonds is 9. The first kappa shape index (κ1) is 19.3. The van der Waals surface area contributed by atoms with Crippen molar-refractivity contribution in [1.29, 1.82) is 0 Å². The molecule has 0 radical (unpaired) electrons. The topological polar surface area (TPSA) is 95.6 Å². The zero-order valence-corrected chi connectivity index (χ0v) is 15.5. The van der Waals surface area contributed by atoms with Crippen LogP contribution in [0.1, 0.15) is 5.56 Å². The van der Waals surface area contributed by atoms with Gasteiger partial charge in [0.2, 0.25) is 0 Å². The van der Waals surface area contributed by atoms with Gasteiger partial charge < -0.3 is 20.4 Å². The van der Waals surface area contributed by atoms with E-state index >= 15 is 0 Å². The van der Waals surface area contributed by atoms with Crippen LogP contribution in [0.25, 0.3) is 10.9 Å². The maximum Gasteiger partial charge on any atom is 0.191 e. The molecule has 25 heavy (non-hydrogen) atoms. The molecule has 0 aliphatic rings. The number of aromatic amines is 1. The molecular weight excluding hydrogens is 340 g/mol. The van der Waals surface area contributed by atoms with Crippen LogP contribution in [0, 0.1) is 0 Å². The Morgan fingerprint density at radius 2 is 1.96 bits per heavy atom. The zero-order chi connectivity index (χ0) is 18.1. The van der Waals surface area contributed by atoms with Crippen LogP contribution in [0.3, 0.4) is 0 Å². The summed E-state index contributed by atoms with van der Waals surface area (Å²) in [6.07, 6.45) is 4.13. The highest BCUT2D eigenvalue weighted by molar-refractivity contribution is 7.90. The number of nitrogens with zero attached hydrogens (tertiary/aromatic N) is 1. The number of guanidine groups is 1. The van der Waals surface area contributed by atoms with Crippen LogP contribution in [0.2, 0.25) is 0 Å². The second-order valence-electron chi connectivity index (χ2n) is 5.78. The van der Waals surface area contributed by atoms with Gasteiger partial charge in [-0.2, -0.15) is 0 Å². The van der Waals surface area contributed by atoms with Crippen molar-refractivity contribution in [3.8, 4) is 0 Å². The molecule has 0 amide bonds. The van der Waals surface area contributed by atoms with E-state index in [-0.39, 0.29) is 12.4 Å². The van der Waals surface area contributed by atoms with Gasteiger partial charge in [0.25, 0.3) is 0 Å². The zero-order valence-electron chi connectivity index (χ0n) is 14.7. The van der Waals surface area contributed by atoms with Crippen LogP contribution in [0.5, 0.6) is 0 Å². The molecule has 2 rings (SSSR count). The van der Waals surface area contributed by atoms with Gasteiger partial charge in [0.1, 0.15) is 9.84 Å². The molecular formula is C17H26N4O3S. The van der Waals surface area contributed by atoms with Crippen molar-refractivity contribution in [1.82, 2.24) is 15.6 Å². The Kier molecular flexibility index (Phi) is 7.27. The Bertz CT molecular complexity index is 799. The number of hydrogen-bond acceptors (Lipinski definition) is 4. The van der Waals surface area contributed by atoms with Crippen LogP contribution in [0.15, 0.2) is 35.5 Å². The predicted octanol–water partition coefficient (Wildman–Crippen LogP) is 0.937. The molecule has 0 atom stereocenters. The van der Waals surface area contributed by atoms with E-state index in [9.17, 15) is 8.42 Å². The monoisotopic (exact) mass is 366 g/mol. The minimum Gasteiger partial charge on any atom is -0.379 e. The van der Waals surface area contributed by atoms with E-state index < -0.39 is 9.84 Å². The average molecular weight is 366 g/mol. The van der Waals surface area contributed by atoms with E-state index in [1.54, 1.807) is 7.05 Å². The fourth-order valence-corrected chi connectivity index (χ4v) is 2.85. The molecule has 0 bridgehead atoms. The lowest BCUT2D eigenvalue weighted by Crippen LogP contribution is -2.39. The summed E-state index contributed by atoms with van der Waals surface area (Å²) in [5.74, 6) is 0.747. The van der Waals surface area contributed by atoms with Crippen LogP contribution in [-0.4, -0.2) is 64.7 Å². The minimum absolute atomic E-state index is 0.0462. The second kappa shape index (κ2) is 9.43. The van der Waals surface area contributed by atoms with Crippen LogP contribution in [-0.2, 0) is 21.0 Å². The first-order valence-electron chi connectivity index (χ1n) is 8.24. The molecule has 2 aromatic rings. The summed E-state index contributed by atoms with van der Waals surface area (Å²) >= 11 is 0. The van der Waals surface area contributed by atoms with Crippen molar-refractivity contribution in [2.75, 3.05) is 45.4 Å². The molecule has 1 aromatic carbocycles. The number of sulfone groups is 1. The number of para-hydroxylation sites is 1. The molecule has 0 aliphatic carbocycles. The van der Waals surface area contributed by atoms with Crippen molar-refractivity contribution >= 4 is 26.7 Å². The molecule has 8 heteroatoms. The molecule has 0 saturated heterocycles. The number of hydrogen-bond donors (Lipinski definition) is 3. The molecule has 0 fully saturated rings. The molecule has 138 valence electrons. The Labute approximate surface area is 148 Å². The third-order valence-electron chi connectivity index (χ3n) is 3.72. The van der Waals surface area contributed by atoms with Gasteiger partial charge in [0.15, 0.2) is 5.96 Å². The molecule has 1 aromatic heterocycles. The Morgan fingerprint density at radius 1 is 1.20 bits per heavy atom. The van der Waals surface area contributed by atoms with Crippen molar-refractivity contribution in [2.24, 2.45) is 4.99 Å². The summed E-state index contributed by atoms with van der Waals surface area (Å²) in [4.78, 5) is 7.43. The van der Waals surface area contributed by atoms with Crippen molar-refractivity contribution < 1.29 is 13.2 Å². The highest BCUT2D eigenvalue weighted by atomic mass is 32.2. The standard InChI is InChI=1S/C17H26N4O3S/c1-18-17(20-9-10-24-11-12-25(2,22)23)19-8-7-14-13-21-16-6-4-3-5-15(14)16/h3-6,13,21H,7-12H2,1-2H3,(H2,18,19,20). The van der Waals surface area contributed by atoms with E-state index in [4.69, 9.17) is 4.74 Å². The second-order valence-corrected chi connectivity index (χ2v) is 8.04. The first-order valence-corrected chi connectivity index (χ1v) is 10.3. The summed E-state index contributed by atoms with van der Waals surface area (Å²) in [6.45, 7) is 1.97. The summed E-state index contributed by atoms with van der Waals surface area (Å²) < 4.78 is 27.3. The number of benzene rings is 1. The molecule has 0 saturated carbocycles. The van der Waals surface area contributed by atoms with Gasteiger partial charge in [-0.15, -0.1) is 0 Å². The average Bonchev–Trinajstić information content (AvgIpc) is 2.98. The normalized spacial score (nSPS) is 12.5. The molecule has 0 aliphatic heterocycles. The predicted molar refractivity (Wildman–Crippen MR) is 102 cm³/mol. The highest BCUT2D eigenvalue weighted by Crippen LogP contribution is 2.17. The van der Waals surface area contributed by atoms with Gasteiger partial charge in [-0.05, 0) is 18.1 Å². The third kappa shape index (κ3) is 6.75. The molecule has 0 spiro atoms. The first-order chi connectivity index (χ1) is 12.0. The van der Waals surface area contributed by atoms with Crippen LogP contribution in [0.4, 0.5) is 0 Å².